The molecule has 0 unspecified atom stereocenters. The lowest BCUT2D eigenvalue weighted by atomic mass is 10.3. The zero-order chi connectivity index (χ0) is 14.5. The van der Waals surface area contributed by atoms with Crippen LogP contribution in [0, 0.1) is 0 Å². The lowest BCUT2D eigenvalue weighted by Crippen LogP contribution is -2.34. The number of pyridine rings is 1. The van der Waals surface area contributed by atoms with Crippen molar-refractivity contribution < 1.29 is 4.79 Å². The molecule has 21 heavy (non-hydrogen) atoms. The molecule has 6 heteroatoms. The van der Waals surface area contributed by atoms with Crippen LogP contribution in [0.5, 0.6) is 0 Å². The number of nitrogens with zero attached hydrogens (tertiary/aromatic N) is 3. The minimum absolute atomic E-state index is 0.190. The van der Waals surface area contributed by atoms with Crippen molar-refractivity contribution in [3.8, 4) is 10.7 Å². The largest absolute Gasteiger partial charge is 0.342 e. The zero-order valence-corrected chi connectivity index (χ0v) is 13.3. The number of rotatable bonds is 3. The van der Waals surface area contributed by atoms with Gasteiger partial charge in [-0.25, -0.2) is 4.98 Å². The van der Waals surface area contributed by atoms with E-state index in [0.29, 0.717) is 6.42 Å². The van der Waals surface area contributed by atoms with Crippen LogP contribution in [0.2, 0.25) is 0 Å². The molecule has 0 aliphatic carbocycles. The second kappa shape index (κ2) is 7.04. The SMILES string of the molecule is O=C(Cc1csc(-c2ccccn2)n1)N1CCCSCC1. The van der Waals surface area contributed by atoms with Crippen molar-refractivity contribution in [2.24, 2.45) is 0 Å². The van der Waals surface area contributed by atoms with Crippen LogP contribution in [0.15, 0.2) is 29.8 Å². The summed E-state index contributed by atoms with van der Waals surface area (Å²) in [5, 5.41) is 2.85. The number of amides is 1. The van der Waals surface area contributed by atoms with E-state index in [-0.39, 0.29) is 5.91 Å². The first kappa shape index (κ1) is 14.5. The Balaban J connectivity index is 1.65. The molecule has 3 rings (SSSR count). The fraction of sp³-hybridized carbons (Fsp3) is 0.400. The first-order valence-corrected chi connectivity index (χ1v) is 9.08. The Labute approximate surface area is 132 Å². The third kappa shape index (κ3) is 3.83. The molecule has 0 N–H and O–H groups in total. The Morgan fingerprint density at radius 1 is 1.29 bits per heavy atom. The average Bonchev–Trinajstić information content (AvgIpc) is 2.81. The van der Waals surface area contributed by atoms with Gasteiger partial charge in [-0.15, -0.1) is 11.3 Å². The molecule has 1 amide bonds. The third-order valence-electron chi connectivity index (χ3n) is 3.34. The van der Waals surface area contributed by atoms with Gasteiger partial charge < -0.3 is 4.90 Å². The summed E-state index contributed by atoms with van der Waals surface area (Å²) in [5.41, 5.74) is 1.72. The molecule has 1 aliphatic rings. The van der Waals surface area contributed by atoms with Gasteiger partial charge in [-0.2, -0.15) is 11.8 Å². The summed E-state index contributed by atoms with van der Waals surface area (Å²) in [6.45, 7) is 1.74. The lowest BCUT2D eigenvalue weighted by molar-refractivity contribution is -0.130. The first-order chi connectivity index (χ1) is 10.3. The second-order valence-corrected chi connectivity index (χ2v) is 6.97. The third-order valence-corrected chi connectivity index (χ3v) is 5.31. The van der Waals surface area contributed by atoms with E-state index in [2.05, 4.69) is 9.97 Å². The van der Waals surface area contributed by atoms with E-state index in [1.54, 1.807) is 17.5 Å². The number of aromatic nitrogens is 2. The molecule has 0 saturated carbocycles. The van der Waals surface area contributed by atoms with Crippen LogP contribution in [0.1, 0.15) is 12.1 Å². The summed E-state index contributed by atoms with van der Waals surface area (Å²) in [6, 6.07) is 5.78. The topological polar surface area (TPSA) is 46.1 Å². The molecular weight excluding hydrogens is 302 g/mol. The van der Waals surface area contributed by atoms with Gasteiger partial charge in [0.2, 0.25) is 5.91 Å². The molecule has 110 valence electrons. The van der Waals surface area contributed by atoms with E-state index in [9.17, 15) is 4.79 Å². The quantitative estimate of drug-likeness (QED) is 0.873. The van der Waals surface area contributed by atoms with Crippen molar-refractivity contribution in [3.63, 3.8) is 0 Å². The maximum atomic E-state index is 12.3. The molecule has 1 fully saturated rings. The van der Waals surface area contributed by atoms with Gasteiger partial charge in [0, 0.05) is 30.4 Å². The smallest absolute Gasteiger partial charge is 0.228 e. The van der Waals surface area contributed by atoms with Crippen LogP contribution in [-0.4, -0.2) is 45.4 Å². The summed E-state index contributed by atoms with van der Waals surface area (Å²) >= 11 is 3.48. The standard InChI is InChI=1S/C15H17N3OS2/c19-14(18-6-3-8-20-9-7-18)10-12-11-21-15(17-12)13-4-1-2-5-16-13/h1-2,4-5,11H,3,6-10H2. The van der Waals surface area contributed by atoms with Crippen molar-refractivity contribution in [2.45, 2.75) is 12.8 Å². The molecule has 0 bridgehead atoms. The van der Waals surface area contributed by atoms with Gasteiger partial charge in [-0.05, 0) is 24.3 Å². The normalized spacial score (nSPS) is 15.7. The van der Waals surface area contributed by atoms with Crippen LogP contribution in [-0.2, 0) is 11.2 Å². The second-order valence-electron chi connectivity index (χ2n) is 4.88. The van der Waals surface area contributed by atoms with E-state index in [0.717, 1.165) is 47.4 Å². The van der Waals surface area contributed by atoms with Crippen LogP contribution >= 0.6 is 23.1 Å². The Kier molecular flexibility index (Phi) is 4.87. The summed E-state index contributed by atoms with van der Waals surface area (Å²) in [4.78, 5) is 23.1. The van der Waals surface area contributed by atoms with Gasteiger partial charge in [-0.3, -0.25) is 9.78 Å². The van der Waals surface area contributed by atoms with E-state index < -0.39 is 0 Å². The number of thioether (sulfide) groups is 1. The number of thiazole rings is 1. The number of carbonyl (C=O) groups is 1. The van der Waals surface area contributed by atoms with Gasteiger partial charge in [0.05, 0.1) is 17.8 Å². The summed E-state index contributed by atoms with van der Waals surface area (Å²) < 4.78 is 0. The molecule has 1 saturated heterocycles. The van der Waals surface area contributed by atoms with Gasteiger partial charge in [0.1, 0.15) is 5.01 Å². The van der Waals surface area contributed by atoms with Crippen LogP contribution in [0.4, 0.5) is 0 Å². The summed E-state index contributed by atoms with van der Waals surface area (Å²) in [5.74, 6) is 2.39. The fourth-order valence-corrected chi connectivity index (χ4v) is 3.94. The van der Waals surface area contributed by atoms with E-state index >= 15 is 0 Å². The van der Waals surface area contributed by atoms with Gasteiger partial charge >= 0.3 is 0 Å². The highest BCUT2D eigenvalue weighted by molar-refractivity contribution is 7.99. The minimum Gasteiger partial charge on any atom is -0.342 e. The van der Waals surface area contributed by atoms with E-state index in [1.807, 2.05) is 40.2 Å². The number of carbonyl (C=O) groups excluding carboxylic acids is 1. The lowest BCUT2D eigenvalue weighted by Gasteiger charge is -2.19. The highest BCUT2D eigenvalue weighted by atomic mass is 32.2. The fourth-order valence-electron chi connectivity index (χ4n) is 2.26. The molecule has 0 radical (unpaired) electrons. The summed E-state index contributed by atoms with van der Waals surface area (Å²) in [6.07, 6.45) is 3.25. The predicted molar refractivity (Wildman–Crippen MR) is 87.6 cm³/mol. The Morgan fingerprint density at radius 3 is 3.10 bits per heavy atom. The number of hydrogen-bond acceptors (Lipinski definition) is 5. The molecule has 0 aromatic carbocycles. The Hall–Kier alpha value is -1.40. The highest BCUT2D eigenvalue weighted by Gasteiger charge is 2.17. The molecular formula is C15H17N3OS2. The molecule has 0 atom stereocenters. The van der Waals surface area contributed by atoms with Crippen molar-refractivity contribution in [2.75, 3.05) is 24.6 Å². The van der Waals surface area contributed by atoms with Gasteiger partial charge in [-0.1, -0.05) is 6.07 Å². The molecule has 4 nitrogen and oxygen atoms in total. The maximum Gasteiger partial charge on any atom is 0.228 e. The molecule has 3 heterocycles. The maximum absolute atomic E-state index is 12.3. The molecule has 2 aromatic rings. The molecule has 2 aromatic heterocycles. The van der Waals surface area contributed by atoms with Crippen LogP contribution in [0.3, 0.4) is 0 Å². The highest BCUT2D eigenvalue weighted by Crippen LogP contribution is 2.22. The van der Waals surface area contributed by atoms with Gasteiger partial charge in [0.15, 0.2) is 0 Å². The van der Waals surface area contributed by atoms with Crippen molar-refractivity contribution in [1.29, 1.82) is 0 Å². The van der Waals surface area contributed by atoms with Crippen molar-refractivity contribution in [3.05, 3.63) is 35.5 Å². The summed E-state index contributed by atoms with van der Waals surface area (Å²) in [7, 11) is 0. The van der Waals surface area contributed by atoms with Crippen molar-refractivity contribution >= 4 is 29.0 Å². The first-order valence-electron chi connectivity index (χ1n) is 7.04. The van der Waals surface area contributed by atoms with Crippen LogP contribution in [0.25, 0.3) is 10.7 Å². The van der Waals surface area contributed by atoms with E-state index in [4.69, 9.17) is 0 Å². The van der Waals surface area contributed by atoms with Gasteiger partial charge in [0.25, 0.3) is 0 Å². The Morgan fingerprint density at radius 2 is 2.24 bits per heavy atom. The van der Waals surface area contributed by atoms with Crippen molar-refractivity contribution in [1.82, 2.24) is 14.9 Å². The molecule has 0 spiro atoms. The predicted octanol–water partition coefficient (Wildman–Crippen LogP) is 2.71. The zero-order valence-electron chi connectivity index (χ0n) is 11.7. The van der Waals surface area contributed by atoms with E-state index in [1.165, 1.54) is 0 Å². The molecule has 1 aliphatic heterocycles. The number of hydrogen-bond donors (Lipinski definition) is 0. The minimum atomic E-state index is 0.190. The average molecular weight is 319 g/mol. The monoisotopic (exact) mass is 319 g/mol. The van der Waals surface area contributed by atoms with Crippen LogP contribution < -0.4 is 0 Å². The Bertz CT molecular complexity index is 592.